The van der Waals surface area contributed by atoms with Crippen molar-refractivity contribution in [3.63, 3.8) is 0 Å². The third kappa shape index (κ3) is 2.90. The maximum absolute atomic E-state index is 13.2. The van der Waals surface area contributed by atoms with Crippen LogP contribution in [0.3, 0.4) is 0 Å². The third-order valence-electron chi connectivity index (χ3n) is 2.79. The number of hydrogen-bond donors (Lipinski definition) is 0. The van der Waals surface area contributed by atoms with Crippen LogP contribution in [0.25, 0.3) is 11.1 Å². The van der Waals surface area contributed by atoms with Crippen molar-refractivity contribution >= 4 is 34.8 Å². The Balaban J connectivity index is 2.81. The first kappa shape index (κ1) is 15.5. The highest BCUT2D eigenvalue weighted by molar-refractivity contribution is 6.46. The quantitative estimate of drug-likeness (QED) is 0.511. The molecule has 2 rings (SSSR count). The second-order valence-electron chi connectivity index (χ2n) is 4.26. The lowest BCUT2D eigenvalue weighted by atomic mass is 9.97. The molecule has 0 aliphatic carbocycles. The molecule has 0 aromatic heterocycles. The summed E-state index contributed by atoms with van der Waals surface area (Å²) >= 11 is 17.9. The average Bonchev–Trinajstić information content (AvgIpc) is 2.35. The fourth-order valence-corrected chi connectivity index (χ4v) is 2.62. The second-order valence-corrected chi connectivity index (χ2v) is 5.46. The molecule has 2 aromatic carbocycles. The molecule has 2 aromatic rings. The highest BCUT2D eigenvalue weighted by Crippen LogP contribution is 2.44. The van der Waals surface area contributed by atoms with Gasteiger partial charge in [-0.15, -0.1) is 0 Å². The van der Waals surface area contributed by atoms with Crippen molar-refractivity contribution in [2.75, 3.05) is 0 Å². The summed E-state index contributed by atoms with van der Waals surface area (Å²) in [5, 5.41) is 0.280. The summed E-state index contributed by atoms with van der Waals surface area (Å²) < 4.78 is 39.5. The standard InChI is InChI=1S/C14H8Cl3F3/c1-7-2-3-8(9(6-7)14(18,19)20)12-10(15)4-5-11(16)13(12)17/h2-6H,1H3. The van der Waals surface area contributed by atoms with Crippen LogP contribution in [-0.4, -0.2) is 0 Å². The molecule has 0 saturated carbocycles. The number of alkyl halides is 3. The summed E-state index contributed by atoms with van der Waals surface area (Å²) in [6.07, 6.45) is -4.50. The molecule has 0 heterocycles. The number of halogens is 6. The third-order valence-corrected chi connectivity index (χ3v) is 3.91. The summed E-state index contributed by atoms with van der Waals surface area (Å²) in [5.41, 5.74) is -0.285. The molecule has 0 aliphatic rings. The van der Waals surface area contributed by atoms with Gasteiger partial charge in [-0.05, 0) is 30.7 Å². The van der Waals surface area contributed by atoms with E-state index in [1.54, 1.807) is 13.0 Å². The molecule has 0 N–H and O–H groups in total. The van der Waals surface area contributed by atoms with Crippen molar-refractivity contribution in [1.82, 2.24) is 0 Å². The lowest BCUT2D eigenvalue weighted by Gasteiger charge is -2.16. The minimum absolute atomic E-state index is 0.00789. The van der Waals surface area contributed by atoms with Crippen LogP contribution in [0, 0.1) is 6.92 Å². The van der Waals surface area contributed by atoms with Gasteiger partial charge >= 0.3 is 6.18 Å². The minimum Gasteiger partial charge on any atom is -0.166 e. The number of aryl methyl sites for hydroxylation is 1. The van der Waals surface area contributed by atoms with Gasteiger partial charge in [-0.1, -0.05) is 52.5 Å². The maximum atomic E-state index is 13.2. The number of benzene rings is 2. The number of rotatable bonds is 1. The van der Waals surface area contributed by atoms with Gasteiger partial charge < -0.3 is 0 Å². The molecule has 20 heavy (non-hydrogen) atoms. The molecule has 6 heteroatoms. The fraction of sp³-hybridized carbons (Fsp3) is 0.143. The summed E-state index contributed by atoms with van der Waals surface area (Å²) in [5.74, 6) is 0. The lowest BCUT2D eigenvalue weighted by molar-refractivity contribution is -0.137. The molecule has 0 atom stereocenters. The van der Waals surface area contributed by atoms with Gasteiger partial charge in [0.2, 0.25) is 0 Å². The first-order chi connectivity index (χ1) is 9.21. The Kier molecular flexibility index (Phi) is 4.24. The number of hydrogen-bond acceptors (Lipinski definition) is 0. The fourth-order valence-electron chi connectivity index (χ4n) is 1.88. The molecule has 0 unspecified atom stereocenters. The van der Waals surface area contributed by atoms with E-state index in [2.05, 4.69) is 0 Å². The molecule has 106 valence electrons. The first-order valence-corrected chi connectivity index (χ1v) is 6.67. The largest absolute Gasteiger partial charge is 0.417 e. The Morgan fingerprint density at radius 1 is 0.900 bits per heavy atom. The Hall–Kier alpha value is -0.900. The van der Waals surface area contributed by atoms with Crippen molar-refractivity contribution in [2.45, 2.75) is 13.1 Å². The van der Waals surface area contributed by atoms with E-state index in [1.165, 1.54) is 18.2 Å². The molecular formula is C14H8Cl3F3. The van der Waals surface area contributed by atoms with E-state index in [-0.39, 0.29) is 26.2 Å². The Bertz CT molecular complexity index is 663. The van der Waals surface area contributed by atoms with Crippen LogP contribution in [0.4, 0.5) is 13.2 Å². The Morgan fingerprint density at radius 3 is 2.10 bits per heavy atom. The van der Waals surface area contributed by atoms with Crippen LogP contribution in [0.15, 0.2) is 30.3 Å². The van der Waals surface area contributed by atoms with Crippen molar-refractivity contribution in [2.24, 2.45) is 0 Å². The zero-order chi connectivity index (χ0) is 15.1. The van der Waals surface area contributed by atoms with Crippen LogP contribution in [-0.2, 0) is 6.18 Å². The van der Waals surface area contributed by atoms with Gasteiger partial charge in [-0.2, -0.15) is 13.2 Å². The van der Waals surface area contributed by atoms with Crippen LogP contribution in [0.5, 0.6) is 0 Å². The Labute approximate surface area is 129 Å². The predicted octanol–water partition coefficient (Wildman–Crippen LogP) is 6.64. The summed E-state index contributed by atoms with van der Waals surface area (Å²) in [6.45, 7) is 1.58. The summed E-state index contributed by atoms with van der Waals surface area (Å²) in [6, 6.07) is 6.84. The summed E-state index contributed by atoms with van der Waals surface area (Å²) in [4.78, 5) is 0. The monoisotopic (exact) mass is 338 g/mol. The van der Waals surface area contributed by atoms with Crippen LogP contribution in [0.1, 0.15) is 11.1 Å². The van der Waals surface area contributed by atoms with E-state index in [1.807, 2.05) is 0 Å². The van der Waals surface area contributed by atoms with Gasteiger partial charge in [-0.3, -0.25) is 0 Å². The molecule has 0 aliphatic heterocycles. The zero-order valence-electron chi connectivity index (χ0n) is 10.2. The van der Waals surface area contributed by atoms with Crippen LogP contribution in [0.2, 0.25) is 15.1 Å². The average molecular weight is 340 g/mol. The summed E-state index contributed by atoms with van der Waals surface area (Å²) in [7, 11) is 0. The van der Waals surface area contributed by atoms with E-state index in [9.17, 15) is 13.2 Å². The van der Waals surface area contributed by atoms with Crippen molar-refractivity contribution in [3.05, 3.63) is 56.5 Å². The van der Waals surface area contributed by atoms with Crippen molar-refractivity contribution in [1.29, 1.82) is 0 Å². The molecule has 0 amide bonds. The molecule has 0 spiro atoms. The SMILES string of the molecule is Cc1ccc(-c2c(Cl)ccc(Cl)c2Cl)c(C(F)(F)F)c1. The van der Waals surface area contributed by atoms with Crippen LogP contribution < -0.4 is 0 Å². The molecular weight excluding hydrogens is 332 g/mol. The molecule has 0 radical (unpaired) electrons. The van der Waals surface area contributed by atoms with Gasteiger partial charge in [-0.25, -0.2) is 0 Å². The van der Waals surface area contributed by atoms with Crippen molar-refractivity contribution in [3.8, 4) is 11.1 Å². The topological polar surface area (TPSA) is 0 Å². The van der Waals surface area contributed by atoms with E-state index < -0.39 is 11.7 Å². The molecule has 0 fully saturated rings. The van der Waals surface area contributed by atoms with Crippen LogP contribution >= 0.6 is 34.8 Å². The van der Waals surface area contributed by atoms with E-state index in [0.29, 0.717) is 5.56 Å². The molecule has 0 bridgehead atoms. The van der Waals surface area contributed by atoms with Crippen molar-refractivity contribution < 1.29 is 13.2 Å². The van der Waals surface area contributed by atoms with E-state index in [0.717, 1.165) is 6.07 Å². The highest BCUT2D eigenvalue weighted by atomic mass is 35.5. The predicted molar refractivity (Wildman–Crippen MR) is 76.6 cm³/mol. The zero-order valence-corrected chi connectivity index (χ0v) is 12.4. The minimum atomic E-state index is -4.50. The van der Waals surface area contributed by atoms with Gasteiger partial charge in [0.05, 0.1) is 20.6 Å². The maximum Gasteiger partial charge on any atom is 0.417 e. The van der Waals surface area contributed by atoms with Gasteiger partial charge in [0.25, 0.3) is 0 Å². The van der Waals surface area contributed by atoms with Gasteiger partial charge in [0, 0.05) is 5.56 Å². The van der Waals surface area contributed by atoms with Gasteiger partial charge in [0.1, 0.15) is 0 Å². The smallest absolute Gasteiger partial charge is 0.166 e. The Morgan fingerprint density at radius 2 is 1.50 bits per heavy atom. The van der Waals surface area contributed by atoms with E-state index >= 15 is 0 Å². The lowest BCUT2D eigenvalue weighted by Crippen LogP contribution is -2.08. The second kappa shape index (κ2) is 5.47. The highest BCUT2D eigenvalue weighted by Gasteiger charge is 2.34. The van der Waals surface area contributed by atoms with E-state index in [4.69, 9.17) is 34.8 Å². The molecule has 0 nitrogen and oxygen atoms in total. The normalized spacial score (nSPS) is 11.8. The van der Waals surface area contributed by atoms with Gasteiger partial charge in [0.15, 0.2) is 0 Å². The molecule has 0 saturated heterocycles. The first-order valence-electron chi connectivity index (χ1n) is 5.53.